The molecule has 0 N–H and O–H groups in total. The third kappa shape index (κ3) is 3.42. The molecule has 90 valence electrons. The molecule has 1 rings (SSSR count). The lowest BCUT2D eigenvalue weighted by molar-refractivity contribution is 1.36. The normalized spacial score (nSPS) is 12.8. The van der Waals surface area contributed by atoms with Gasteiger partial charge in [0.15, 0.2) is 0 Å². The molecule has 1 nitrogen and oxygen atoms in total. The molecule has 0 atom stereocenters. The van der Waals surface area contributed by atoms with Crippen LogP contribution >= 0.6 is 0 Å². The molecule has 0 amide bonds. The van der Waals surface area contributed by atoms with Gasteiger partial charge in [-0.3, -0.25) is 4.99 Å². The van der Waals surface area contributed by atoms with Crippen molar-refractivity contribution in [1.29, 1.82) is 0 Å². The molecule has 0 spiro atoms. The molecule has 0 aliphatic heterocycles. The first-order chi connectivity index (χ1) is 7.95. The largest absolute Gasteiger partial charge is 0.253 e. The van der Waals surface area contributed by atoms with E-state index in [9.17, 15) is 0 Å². The van der Waals surface area contributed by atoms with Crippen LogP contribution in [0.1, 0.15) is 38.8 Å². The maximum absolute atomic E-state index is 4.68. The van der Waals surface area contributed by atoms with E-state index in [0.717, 1.165) is 22.5 Å². The number of rotatable bonds is 3. The molecule has 0 fully saturated rings. The van der Waals surface area contributed by atoms with Crippen molar-refractivity contribution in [3.8, 4) is 0 Å². The summed E-state index contributed by atoms with van der Waals surface area (Å²) in [4.78, 5) is 4.68. The van der Waals surface area contributed by atoms with Crippen LogP contribution in [0.2, 0.25) is 0 Å². The van der Waals surface area contributed by atoms with Crippen LogP contribution in [0, 0.1) is 6.92 Å². The van der Waals surface area contributed by atoms with E-state index in [4.69, 9.17) is 0 Å². The van der Waals surface area contributed by atoms with E-state index < -0.39 is 0 Å². The number of nitrogens with zero attached hydrogens (tertiary/aromatic N) is 1. The number of aryl methyl sites for hydroxylation is 1. The van der Waals surface area contributed by atoms with Crippen molar-refractivity contribution < 1.29 is 0 Å². The molecular formula is C16H21N. The summed E-state index contributed by atoms with van der Waals surface area (Å²) in [6.07, 6.45) is 2.08. The van der Waals surface area contributed by atoms with Crippen molar-refractivity contribution in [2.24, 2.45) is 4.99 Å². The zero-order valence-corrected chi connectivity index (χ0v) is 11.5. The van der Waals surface area contributed by atoms with Crippen LogP contribution in [0.25, 0.3) is 5.57 Å². The Morgan fingerprint density at radius 1 is 1.24 bits per heavy atom. The highest BCUT2D eigenvalue weighted by molar-refractivity contribution is 5.99. The van der Waals surface area contributed by atoms with Crippen LogP contribution in [-0.4, -0.2) is 5.71 Å². The van der Waals surface area contributed by atoms with E-state index in [2.05, 4.69) is 49.7 Å². The van der Waals surface area contributed by atoms with Gasteiger partial charge in [-0.15, -0.1) is 0 Å². The average molecular weight is 227 g/mol. The van der Waals surface area contributed by atoms with Crippen LogP contribution in [-0.2, 0) is 0 Å². The number of aliphatic imine (C=N–C) groups is 1. The molecule has 17 heavy (non-hydrogen) atoms. The lowest BCUT2D eigenvalue weighted by Gasteiger charge is -2.07. The third-order valence-corrected chi connectivity index (χ3v) is 2.99. The number of allylic oxidation sites excluding steroid dienone is 3. The minimum Gasteiger partial charge on any atom is -0.253 e. The third-order valence-electron chi connectivity index (χ3n) is 2.99. The average Bonchev–Trinajstić information content (AvgIpc) is 2.30. The minimum atomic E-state index is 1.03. The van der Waals surface area contributed by atoms with Crippen molar-refractivity contribution >= 4 is 17.0 Å². The number of hydrogen-bond donors (Lipinski definition) is 0. The Labute approximate surface area is 105 Å². The molecular weight excluding hydrogens is 206 g/mol. The van der Waals surface area contributed by atoms with Gasteiger partial charge in [-0.2, -0.15) is 0 Å². The van der Waals surface area contributed by atoms with Crippen molar-refractivity contribution in [3.63, 3.8) is 0 Å². The molecule has 1 aromatic carbocycles. The predicted molar refractivity (Wildman–Crippen MR) is 78.1 cm³/mol. The van der Waals surface area contributed by atoms with E-state index in [1.54, 1.807) is 0 Å². The zero-order chi connectivity index (χ0) is 13.0. The van der Waals surface area contributed by atoms with Gasteiger partial charge < -0.3 is 0 Å². The maximum Gasteiger partial charge on any atom is 0.0668 e. The lowest BCUT2D eigenvalue weighted by atomic mass is 10.1. The van der Waals surface area contributed by atoms with Crippen LogP contribution in [0.3, 0.4) is 0 Å². The Bertz CT molecular complexity index is 490. The monoisotopic (exact) mass is 227 g/mol. The first-order valence-electron chi connectivity index (χ1n) is 5.90. The molecule has 0 aliphatic carbocycles. The summed E-state index contributed by atoms with van der Waals surface area (Å²) in [5.74, 6) is 0. The van der Waals surface area contributed by atoms with Crippen molar-refractivity contribution in [2.75, 3.05) is 0 Å². The van der Waals surface area contributed by atoms with Crippen LogP contribution in [0.15, 0.2) is 41.4 Å². The summed E-state index contributed by atoms with van der Waals surface area (Å²) >= 11 is 0. The molecule has 0 saturated heterocycles. The first-order valence-corrected chi connectivity index (χ1v) is 5.90. The van der Waals surface area contributed by atoms with Crippen molar-refractivity contribution in [1.82, 2.24) is 0 Å². The van der Waals surface area contributed by atoms with E-state index in [1.165, 1.54) is 11.1 Å². The quantitative estimate of drug-likeness (QED) is 0.638. The summed E-state index contributed by atoms with van der Waals surface area (Å²) in [7, 11) is 0. The first kappa shape index (κ1) is 13.4. The summed E-state index contributed by atoms with van der Waals surface area (Å²) in [5.41, 5.74) is 6.73. The fraction of sp³-hybridized carbons (Fsp3) is 0.312. The second-order valence-electron chi connectivity index (χ2n) is 4.45. The smallest absolute Gasteiger partial charge is 0.0668 e. The fourth-order valence-electron chi connectivity index (χ4n) is 1.47. The highest BCUT2D eigenvalue weighted by Crippen LogP contribution is 2.24. The topological polar surface area (TPSA) is 12.4 Å². The molecule has 0 aromatic heterocycles. The van der Waals surface area contributed by atoms with Gasteiger partial charge in [0, 0.05) is 5.71 Å². The highest BCUT2D eigenvalue weighted by Gasteiger charge is 2.01. The summed E-state index contributed by atoms with van der Waals surface area (Å²) < 4.78 is 0. The van der Waals surface area contributed by atoms with Gasteiger partial charge >= 0.3 is 0 Å². The molecule has 1 heteroatoms. The van der Waals surface area contributed by atoms with E-state index in [1.807, 2.05) is 20.8 Å². The van der Waals surface area contributed by atoms with E-state index in [-0.39, 0.29) is 0 Å². The van der Waals surface area contributed by atoms with E-state index in [0.29, 0.717) is 0 Å². The molecule has 0 bridgehead atoms. The Hall–Kier alpha value is -1.63. The molecule has 1 aromatic rings. The molecule has 0 unspecified atom stereocenters. The van der Waals surface area contributed by atoms with Crippen LogP contribution in [0.4, 0.5) is 5.69 Å². The standard InChI is InChI=1S/C16H21N/c1-7-12(4)14(6)17-16-10-15(11(2)3)9-8-13(16)5/h7-10H,2H2,1,3-6H3/b12-7+,17-14+. The van der Waals surface area contributed by atoms with Gasteiger partial charge in [-0.05, 0) is 57.4 Å². The second kappa shape index (κ2) is 5.62. The second-order valence-corrected chi connectivity index (χ2v) is 4.45. The SMILES string of the molecule is C=C(C)c1ccc(C)c(/N=C(C)/C(C)=C/C)c1. The summed E-state index contributed by atoms with van der Waals surface area (Å²) in [5, 5.41) is 0. The lowest BCUT2D eigenvalue weighted by Crippen LogP contribution is -1.92. The van der Waals surface area contributed by atoms with Gasteiger partial charge in [0.05, 0.1) is 5.69 Å². The van der Waals surface area contributed by atoms with Gasteiger partial charge in [0.2, 0.25) is 0 Å². The van der Waals surface area contributed by atoms with Gasteiger partial charge in [0.1, 0.15) is 0 Å². The predicted octanol–water partition coefficient (Wildman–Crippen LogP) is 5.09. The summed E-state index contributed by atoms with van der Waals surface area (Å²) in [6.45, 7) is 14.2. The Balaban J connectivity index is 3.22. The van der Waals surface area contributed by atoms with Gasteiger partial charge in [0.25, 0.3) is 0 Å². The van der Waals surface area contributed by atoms with Crippen LogP contribution < -0.4 is 0 Å². The Kier molecular flexibility index (Phi) is 4.45. The Morgan fingerprint density at radius 3 is 2.41 bits per heavy atom. The van der Waals surface area contributed by atoms with Crippen molar-refractivity contribution in [3.05, 3.63) is 47.6 Å². The Morgan fingerprint density at radius 2 is 1.88 bits per heavy atom. The zero-order valence-electron chi connectivity index (χ0n) is 11.5. The molecule has 0 radical (unpaired) electrons. The number of hydrogen-bond acceptors (Lipinski definition) is 1. The minimum absolute atomic E-state index is 1.03. The molecule has 0 heterocycles. The summed E-state index contributed by atoms with van der Waals surface area (Å²) in [6, 6.07) is 6.29. The maximum atomic E-state index is 4.68. The van der Waals surface area contributed by atoms with Crippen molar-refractivity contribution in [2.45, 2.75) is 34.6 Å². The number of benzene rings is 1. The molecule has 0 saturated carbocycles. The van der Waals surface area contributed by atoms with Crippen LogP contribution in [0.5, 0.6) is 0 Å². The highest BCUT2D eigenvalue weighted by atomic mass is 14.7. The fourth-order valence-corrected chi connectivity index (χ4v) is 1.47. The van der Waals surface area contributed by atoms with Gasteiger partial charge in [-0.1, -0.05) is 30.4 Å². The van der Waals surface area contributed by atoms with Gasteiger partial charge in [-0.25, -0.2) is 0 Å². The molecule has 0 aliphatic rings. The van der Waals surface area contributed by atoms with E-state index >= 15 is 0 Å².